The molecule has 9 aromatic carbocycles. The second-order valence-electron chi connectivity index (χ2n) is 16.9. The van der Waals surface area contributed by atoms with Crippen LogP contribution in [-0.2, 0) is 0 Å². The van der Waals surface area contributed by atoms with Gasteiger partial charge in [0.05, 0.1) is 39.1 Å². The SMILES string of the molecule is c1ccc(-c2ccc(-c3nc(-c4ccccc4)nc(-n4c5ccccc5c5ccc6c7ccccc7n(-c7ccccc7-c7cc(-c8ccccc8)nc(-c8ccccc8)n7)c6c54)n3)cc2)cc1. The standard InChI is InChI=1S/C61H39N7/c1-5-19-40(20-6-1)41-33-35-45(36-34-41)60-64-59(44-25-11-4-12-26-44)65-61(66-60)68-54-31-17-14-28-47(54)49-38-37-48-46-27-13-16-30-53(46)67(56(48)57(49)68)55-32-18-15-29-50(55)52-39-51(42-21-7-2-8-22-42)62-58(63-52)43-23-9-3-10-24-43/h1-39H. The minimum atomic E-state index is 0.528. The first-order chi connectivity index (χ1) is 33.7. The van der Waals surface area contributed by atoms with Gasteiger partial charge < -0.3 is 4.57 Å². The number of fused-ring (bicyclic) bond motifs is 7. The van der Waals surface area contributed by atoms with E-state index >= 15 is 0 Å². The number of hydrogen-bond acceptors (Lipinski definition) is 5. The van der Waals surface area contributed by atoms with Gasteiger partial charge >= 0.3 is 0 Å². The molecule has 7 nitrogen and oxygen atoms in total. The Morgan fingerprint density at radius 3 is 1.28 bits per heavy atom. The van der Waals surface area contributed by atoms with Crippen LogP contribution >= 0.6 is 0 Å². The van der Waals surface area contributed by atoms with Crippen LogP contribution in [0, 0.1) is 0 Å². The number of aromatic nitrogens is 7. The van der Waals surface area contributed by atoms with Gasteiger partial charge in [-0.15, -0.1) is 0 Å². The summed E-state index contributed by atoms with van der Waals surface area (Å²) < 4.78 is 4.65. The minimum Gasteiger partial charge on any atom is -0.306 e. The van der Waals surface area contributed by atoms with Crippen molar-refractivity contribution in [1.29, 1.82) is 0 Å². The molecule has 13 rings (SSSR count). The Hall–Kier alpha value is -9.33. The summed E-state index contributed by atoms with van der Waals surface area (Å²) in [6.45, 7) is 0. The number of para-hydroxylation sites is 3. The predicted molar refractivity (Wildman–Crippen MR) is 277 cm³/mol. The fourth-order valence-corrected chi connectivity index (χ4v) is 9.65. The molecule has 0 saturated carbocycles. The monoisotopic (exact) mass is 869 g/mol. The van der Waals surface area contributed by atoms with Crippen molar-refractivity contribution in [3.05, 3.63) is 237 Å². The van der Waals surface area contributed by atoms with E-state index in [1.807, 2.05) is 48.5 Å². The highest BCUT2D eigenvalue weighted by Crippen LogP contribution is 2.43. The van der Waals surface area contributed by atoms with E-state index in [2.05, 4.69) is 197 Å². The Kier molecular flexibility index (Phi) is 9.35. The van der Waals surface area contributed by atoms with Crippen molar-refractivity contribution >= 4 is 43.6 Å². The molecule has 0 bridgehead atoms. The Morgan fingerprint density at radius 1 is 0.265 bits per heavy atom. The normalized spacial score (nSPS) is 11.5. The van der Waals surface area contributed by atoms with Crippen LogP contribution in [-0.4, -0.2) is 34.1 Å². The number of nitrogens with zero attached hydrogens (tertiary/aromatic N) is 7. The molecule has 0 aliphatic heterocycles. The minimum absolute atomic E-state index is 0.528. The Morgan fingerprint density at radius 2 is 0.676 bits per heavy atom. The van der Waals surface area contributed by atoms with Gasteiger partial charge in [0, 0.05) is 49.4 Å². The lowest BCUT2D eigenvalue weighted by Crippen LogP contribution is -2.07. The fraction of sp³-hybridized carbons (Fsp3) is 0. The third-order valence-corrected chi connectivity index (χ3v) is 12.8. The highest BCUT2D eigenvalue weighted by molar-refractivity contribution is 6.24. The van der Waals surface area contributed by atoms with Gasteiger partial charge in [0.25, 0.3) is 0 Å². The number of hydrogen-bond donors (Lipinski definition) is 0. The zero-order chi connectivity index (χ0) is 45.0. The quantitative estimate of drug-likeness (QED) is 0.152. The van der Waals surface area contributed by atoms with E-state index < -0.39 is 0 Å². The van der Waals surface area contributed by atoms with Gasteiger partial charge in [-0.3, -0.25) is 4.57 Å². The molecule has 0 amide bonds. The Bertz CT molecular complexity index is 3940. The average Bonchev–Trinajstić information content (AvgIpc) is 3.95. The molecule has 0 atom stereocenters. The summed E-state index contributed by atoms with van der Waals surface area (Å²) in [5, 5.41) is 4.43. The van der Waals surface area contributed by atoms with Crippen molar-refractivity contribution in [2.75, 3.05) is 0 Å². The zero-order valence-electron chi connectivity index (χ0n) is 36.6. The highest BCUT2D eigenvalue weighted by atomic mass is 15.2. The second kappa shape index (κ2) is 16.3. The lowest BCUT2D eigenvalue weighted by atomic mass is 10.0. The molecule has 0 aliphatic carbocycles. The molecule has 68 heavy (non-hydrogen) atoms. The Labute approximate surface area is 392 Å². The van der Waals surface area contributed by atoms with Crippen molar-refractivity contribution in [1.82, 2.24) is 34.1 Å². The van der Waals surface area contributed by atoms with Crippen LogP contribution < -0.4 is 0 Å². The summed E-state index contributed by atoms with van der Waals surface area (Å²) >= 11 is 0. The first-order valence-electron chi connectivity index (χ1n) is 22.8. The van der Waals surface area contributed by atoms with Crippen molar-refractivity contribution < 1.29 is 0 Å². The summed E-state index contributed by atoms with van der Waals surface area (Å²) in [5.41, 5.74) is 13.8. The van der Waals surface area contributed by atoms with Crippen LogP contribution in [0.2, 0.25) is 0 Å². The smallest absolute Gasteiger partial charge is 0.238 e. The van der Waals surface area contributed by atoms with Gasteiger partial charge in [-0.2, -0.15) is 9.97 Å². The molecule has 7 heteroatoms. The topological polar surface area (TPSA) is 74.3 Å². The molecule has 318 valence electrons. The van der Waals surface area contributed by atoms with E-state index in [9.17, 15) is 0 Å². The molecule has 0 saturated heterocycles. The molecule has 0 N–H and O–H groups in total. The Balaban J connectivity index is 1.10. The van der Waals surface area contributed by atoms with Crippen molar-refractivity contribution in [2.24, 2.45) is 0 Å². The van der Waals surface area contributed by atoms with Gasteiger partial charge in [0.15, 0.2) is 17.5 Å². The second-order valence-corrected chi connectivity index (χ2v) is 16.9. The first kappa shape index (κ1) is 39.1. The predicted octanol–water partition coefficient (Wildman–Crippen LogP) is 14.9. The largest absolute Gasteiger partial charge is 0.306 e. The fourth-order valence-electron chi connectivity index (χ4n) is 9.65. The van der Waals surface area contributed by atoms with Crippen molar-refractivity contribution in [2.45, 2.75) is 0 Å². The van der Waals surface area contributed by atoms with Gasteiger partial charge in [0.1, 0.15) is 0 Å². The van der Waals surface area contributed by atoms with E-state index in [-0.39, 0.29) is 0 Å². The third-order valence-electron chi connectivity index (χ3n) is 12.8. The summed E-state index contributed by atoms with van der Waals surface area (Å²) in [6, 6.07) is 82.1. The average molecular weight is 870 g/mol. The molecule has 0 aliphatic rings. The van der Waals surface area contributed by atoms with Gasteiger partial charge in [-0.05, 0) is 35.4 Å². The summed E-state index contributed by atoms with van der Waals surface area (Å²) in [6.07, 6.45) is 0. The first-order valence-corrected chi connectivity index (χ1v) is 22.8. The van der Waals surface area contributed by atoms with Crippen LogP contribution in [0.1, 0.15) is 0 Å². The lowest BCUT2D eigenvalue weighted by Gasteiger charge is -2.16. The molecule has 0 radical (unpaired) electrons. The summed E-state index contributed by atoms with van der Waals surface area (Å²) in [7, 11) is 0. The van der Waals surface area contributed by atoms with E-state index in [1.165, 1.54) is 0 Å². The maximum atomic E-state index is 5.39. The van der Waals surface area contributed by atoms with Gasteiger partial charge in [-0.1, -0.05) is 212 Å². The maximum absolute atomic E-state index is 5.39. The molecular formula is C61H39N7. The van der Waals surface area contributed by atoms with Crippen LogP contribution in [0.15, 0.2) is 237 Å². The van der Waals surface area contributed by atoms with E-state index in [1.54, 1.807) is 0 Å². The van der Waals surface area contributed by atoms with Crippen molar-refractivity contribution in [3.8, 4) is 79.4 Å². The van der Waals surface area contributed by atoms with Gasteiger partial charge in [-0.25, -0.2) is 15.0 Å². The molecule has 13 aromatic rings. The van der Waals surface area contributed by atoms with Crippen LogP contribution in [0.5, 0.6) is 0 Å². The maximum Gasteiger partial charge on any atom is 0.238 e. The van der Waals surface area contributed by atoms with Crippen LogP contribution in [0.25, 0.3) is 123 Å². The summed E-state index contributed by atoms with van der Waals surface area (Å²) in [5.74, 6) is 2.37. The van der Waals surface area contributed by atoms with Crippen LogP contribution in [0.4, 0.5) is 0 Å². The number of benzene rings is 9. The third kappa shape index (κ3) is 6.64. The van der Waals surface area contributed by atoms with Crippen molar-refractivity contribution in [3.63, 3.8) is 0 Å². The molecule has 0 spiro atoms. The molecule has 4 heterocycles. The van der Waals surface area contributed by atoms with E-state index in [0.29, 0.717) is 23.4 Å². The molecular weight excluding hydrogens is 831 g/mol. The van der Waals surface area contributed by atoms with Crippen LogP contribution in [0.3, 0.4) is 0 Å². The molecule has 4 aromatic heterocycles. The number of rotatable bonds is 8. The molecule has 0 unspecified atom stereocenters. The van der Waals surface area contributed by atoms with E-state index in [4.69, 9.17) is 24.9 Å². The van der Waals surface area contributed by atoms with Gasteiger partial charge in [0.2, 0.25) is 5.95 Å². The zero-order valence-corrected chi connectivity index (χ0v) is 36.6. The lowest BCUT2D eigenvalue weighted by molar-refractivity contribution is 0.953. The van der Waals surface area contributed by atoms with E-state index in [0.717, 1.165) is 99.6 Å². The molecule has 0 fully saturated rings. The summed E-state index contributed by atoms with van der Waals surface area (Å²) in [4.78, 5) is 26.4. The highest BCUT2D eigenvalue weighted by Gasteiger charge is 2.25.